The molecule has 1 N–H and O–H groups in total. The minimum atomic E-state index is -0.0675. The molecule has 1 rings (SSSR count). The van der Waals surface area contributed by atoms with Gasteiger partial charge in [0.15, 0.2) is 0 Å². The van der Waals surface area contributed by atoms with Crippen LogP contribution in [0.4, 0.5) is 0 Å². The number of alkyl halides is 1. The number of amides is 1. The third-order valence-corrected chi connectivity index (χ3v) is 3.33. The molecular formula is C8H10ClNOS2. The Labute approximate surface area is 92.1 Å². The number of rotatable bonds is 3. The first kappa shape index (κ1) is 11.0. The van der Waals surface area contributed by atoms with E-state index in [0.717, 1.165) is 23.3 Å². The summed E-state index contributed by atoms with van der Waals surface area (Å²) in [5.41, 5.74) is 1.07. The highest BCUT2D eigenvalue weighted by molar-refractivity contribution is 8.26. The van der Waals surface area contributed by atoms with Crippen LogP contribution in [0.5, 0.6) is 0 Å². The van der Waals surface area contributed by atoms with Crippen LogP contribution >= 0.6 is 35.6 Å². The lowest BCUT2D eigenvalue weighted by atomic mass is 10.1. The summed E-state index contributed by atoms with van der Waals surface area (Å²) in [5, 5.41) is 2.59. The van der Waals surface area contributed by atoms with Gasteiger partial charge in [0.25, 0.3) is 5.91 Å². The molecule has 0 aliphatic carbocycles. The van der Waals surface area contributed by atoms with Crippen LogP contribution < -0.4 is 5.32 Å². The molecule has 0 aromatic carbocycles. The van der Waals surface area contributed by atoms with Crippen molar-refractivity contribution in [3.05, 3.63) is 10.5 Å². The van der Waals surface area contributed by atoms with Gasteiger partial charge in [-0.3, -0.25) is 4.79 Å². The van der Waals surface area contributed by atoms with E-state index in [0.29, 0.717) is 10.2 Å². The first-order chi connectivity index (χ1) is 6.15. The molecule has 1 amide bonds. The van der Waals surface area contributed by atoms with Crippen LogP contribution in [0.3, 0.4) is 0 Å². The Hall–Kier alpha value is -0.0600. The average Bonchev–Trinajstić information content (AvgIpc) is 2.41. The first-order valence-electron chi connectivity index (χ1n) is 3.94. The minimum absolute atomic E-state index is 0.0675. The Morgan fingerprint density at radius 2 is 2.38 bits per heavy atom. The molecule has 5 heteroatoms. The number of thioether (sulfide) groups is 1. The smallest absolute Gasteiger partial charge is 0.263 e. The van der Waals surface area contributed by atoms with E-state index in [4.69, 9.17) is 23.8 Å². The number of hydrogen-bond acceptors (Lipinski definition) is 3. The number of allylic oxidation sites excluding steroid dienone is 1. The Morgan fingerprint density at radius 1 is 1.69 bits per heavy atom. The second kappa shape index (κ2) is 4.98. The van der Waals surface area contributed by atoms with Crippen molar-refractivity contribution >= 4 is 45.8 Å². The summed E-state index contributed by atoms with van der Waals surface area (Å²) in [5.74, 6) is 0.559. The molecule has 0 aromatic heterocycles. The van der Waals surface area contributed by atoms with Crippen molar-refractivity contribution in [1.29, 1.82) is 0 Å². The van der Waals surface area contributed by atoms with E-state index in [2.05, 4.69) is 5.32 Å². The van der Waals surface area contributed by atoms with Crippen LogP contribution in [0, 0.1) is 0 Å². The fourth-order valence-corrected chi connectivity index (χ4v) is 2.27. The van der Waals surface area contributed by atoms with E-state index in [1.54, 1.807) is 0 Å². The van der Waals surface area contributed by atoms with Crippen LogP contribution in [0.1, 0.15) is 19.8 Å². The second-order valence-electron chi connectivity index (χ2n) is 2.75. The Kier molecular flexibility index (Phi) is 4.22. The largest absolute Gasteiger partial charge is 0.307 e. The maximum atomic E-state index is 11.3. The topological polar surface area (TPSA) is 29.1 Å². The lowest BCUT2D eigenvalue weighted by molar-refractivity contribution is -0.115. The summed E-state index contributed by atoms with van der Waals surface area (Å²) in [6.45, 7) is 1.95. The summed E-state index contributed by atoms with van der Waals surface area (Å²) in [6, 6.07) is 0. The second-order valence-corrected chi connectivity index (χ2v) is 4.81. The Bertz CT molecular complexity index is 275. The number of carbonyl (C=O) groups excluding carboxylic acids is 1. The average molecular weight is 236 g/mol. The number of thiocarbonyl (C=S) groups is 1. The SMILES string of the molecule is CC(CCCCl)=C1SC(=S)NC1=O. The standard InChI is InChI=1S/C8H10ClNOS2/c1-5(3-2-4-9)6-7(11)10-8(12)13-6/h2-4H2,1H3,(H,10,11,12). The van der Waals surface area contributed by atoms with Gasteiger partial charge in [-0.25, -0.2) is 0 Å². The molecule has 1 heterocycles. The highest BCUT2D eigenvalue weighted by Crippen LogP contribution is 2.28. The van der Waals surface area contributed by atoms with Gasteiger partial charge < -0.3 is 5.32 Å². The molecule has 0 unspecified atom stereocenters. The summed E-state index contributed by atoms with van der Waals surface area (Å²) in [7, 11) is 0. The van der Waals surface area contributed by atoms with Crippen molar-refractivity contribution in [3.8, 4) is 0 Å². The van der Waals surface area contributed by atoms with Crippen molar-refractivity contribution in [2.24, 2.45) is 0 Å². The Morgan fingerprint density at radius 3 is 2.85 bits per heavy atom. The van der Waals surface area contributed by atoms with Crippen LogP contribution in [-0.2, 0) is 4.79 Å². The lowest BCUT2D eigenvalue weighted by Crippen LogP contribution is -2.18. The number of halogens is 1. The highest BCUT2D eigenvalue weighted by atomic mass is 35.5. The fraction of sp³-hybridized carbons (Fsp3) is 0.500. The number of carbonyl (C=O) groups is 1. The molecule has 0 atom stereocenters. The third kappa shape index (κ3) is 2.97. The molecule has 1 saturated heterocycles. The molecule has 0 radical (unpaired) electrons. The molecule has 1 aliphatic rings. The molecule has 72 valence electrons. The van der Waals surface area contributed by atoms with E-state index >= 15 is 0 Å². The van der Waals surface area contributed by atoms with Crippen LogP contribution in [0.2, 0.25) is 0 Å². The van der Waals surface area contributed by atoms with Gasteiger partial charge in [0, 0.05) is 5.88 Å². The van der Waals surface area contributed by atoms with Gasteiger partial charge in [0.05, 0.1) is 4.91 Å². The molecule has 0 spiro atoms. The summed E-state index contributed by atoms with van der Waals surface area (Å²) in [4.78, 5) is 12.0. The summed E-state index contributed by atoms with van der Waals surface area (Å²) in [6.07, 6.45) is 1.76. The van der Waals surface area contributed by atoms with E-state index in [1.807, 2.05) is 6.92 Å². The monoisotopic (exact) mass is 235 g/mol. The zero-order valence-corrected chi connectivity index (χ0v) is 9.61. The zero-order valence-electron chi connectivity index (χ0n) is 7.22. The van der Waals surface area contributed by atoms with Crippen LogP contribution in [-0.4, -0.2) is 16.1 Å². The highest BCUT2D eigenvalue weighted by Gasteiger charge is 2.23. The van der Waals surface area contributed by atoms with Gasteiger partial charge in [-0.2, -0.15) is 0 Å². The van der Waals surface area contributed by atoms with E-state index in [-0.39, 0.29) is 5.91 Å². The van der Waals surface area contributed by atoms with Crippen molar-refractivity contribution in [3.63, 3.8) is 0 Å². The maximum absolute atomic E-state index is 11.3. The normalized spacial score (nSPS) is 20.5. The van der Waals surface area contributed by atoms with Crippen molar-refractivity contribution < 1.29 is 4.79 Å². The van der Waals surface area contributed by atoms with Crippen molar-refractivity contribution in [1.82, 2.24) is 5.32 Å². The van der Waals surface area contributed by atoms with Crippen LogP contribution in [0.25, 0.3) is 0 Å². The number of nitrogens with one attached hydrogen (secondary N) is 1. The quantitative estimate of drug-likeness (QED) is 0.463. The van der Waals surface area contributed by atoms with Gasteiger partial charge in [-0.05, 0) is 19.8 Å². The van der Waals surface area contributed by atoms with Crippen molar-refractivity contribution in [2.75, 3.05) is 5.88 Å². The molecule has 1 fully saturated rings. The molecule has 2 nitrogen and oxygen atoms in total. The third-order valence-electron chi connectivity index (χ3n) is 1.69. The zero-order chi connectivity index (χ0) is 9.84. The lowest BCUT2D eigenvalue weighted by Gasteiger charge is -2.00. The first-order valence-corrected chi connectivity index (χ1v) is 5.70. The summed E-state index contributed by atoms with van der Waals surface area (Å²) < 4.78 is 0.547. The molecule has 0 bridgehead atoms. The van der Waals surface area contributed by atoms with Gasteiger partial charge >= 0.3 is 0 Å². The molecule has 1 aliphatic heterocycles. The molecule has 0 saturated carbocycles. The van der Waals surface area contributed by atoms with Crippen LogP contribution in [0.15, 0.2) is 10.5 Å². The number of hydrogen-bond donors (Lipinski definition) is 1. The van der Waals surface area contributed by atoms with E-state index in [1.165, 1.54) is 11.8 Å². The molecule has 13 heavy (non-hydrogen) atoms. The predicted octanol–water partition coefficient (Wildman–Crippen LogP) is 2.43. The Balaban J connectivity index is 2.67. The maximum Gasteiger partial charge on any atom is 0.263 e. The summed E-state index contributed by atoms with van der Waals surface area (Å²) >= 11 is 11.8. The fourth-order valence-electron chi connectivity index (χ4n) is 1.04. The minimum Gasteiger partial charge on any atom is -0.307 e. The van der Waals surface area contributed by atoms with Gasteiger partial charge in [0.1, 0.15) is 4.32 Å². The van der Waals surface area contributed by atoms with Crippen molar-refractivity contribution in [2.45, 2.75) is 19.8 Å². The molecule has 0 aromatic rings. The van der Waals surface area contributed by atoms with Gasteiger partial charge in [-0.15, -0.1) is 11.6 Å². The molecular weight excluding hydrogens is 226 g/mol. The van der Waals surface area contributed by atoms with E-state index < -0.39 is 0 Å². The predicted molar refractivity (Wildman–Crippen MR) is 61.0 cm³/mol. The van der Waals surface area contributed by atoms with Gasteiger partial charge in [0.2, 0.25) is 0 Å². The van der Waals surface area contributed by atoms with E-state index in [9.17, 15) is 4.79 Å². The van der Waals surface area contributed by atoms with Gasteiger partial charge in [-0.1, -0.05) is 29.6 Å².